The van der Waals surface area contributed by atoms with Crippen LogP contribution in [-0.2, 0) is 0 Å². The second-order valence-corrected chi connectivity index (χ2v) is 4.49. The SMILES string of the molecule is COc1cc(C)c(C)cc1C(O)c1ccccc1. The Hall–Kier alpha value is -1.80. The van der Waals surface area contributed by atoms with Gasteiger partial charge in [-0.1, -0.05) is 30.3 Å². The first-order valence-electron chi connectivity index (χ1n) is 6.01. The van der Waals surface area contributed by atoms with Gasteiger partial charge < -0.3 is 9.84 Å². The molecule has 0 aromatic heterocycles. The van der Waals surface area contributed by atoms with Gasteiger partial charge in [-0.2, -0.15) is 0 Å². The summed E-state index contributed by atoms with van der Waals surface area (Å²) in [6, 6.07) is 13.6. The third-order valence-electron chi connectivity index (χ3n) is 3.26. The lowest BCUT2D eigenvalue weighted by atomic mass is 9.97. The molecule has 1 atom stereocenters. The van der Waals surface area contributed by atoms with Crippen molar-refractivity contribution in [2.75, 3.05) is 7.11 Å². The van der Waals surface area contributed by atoms with Gasteiger partial charge in [0.2, 0.25) is 0 Å². The maximum atomic E-state index is 10.4. The topological polar surface area (TPSA) is 29.5 Å². The average molecular weight is 242 g/mol. The first kappa shape index (κ1) is 12.7. The summed E-state index contributed by atoms with van der Waals surface area (Å²) < 4.78 is 5.36. The Bertz CT molecular complexity index is 532. The first-order chi connectivity index (χ1) is 8.63. The smallest absolute Gasteiger partial charge is 0.125 e. The molecule has 0 aliphatic heterocycles. The van der Waals surface area contributed by atoms with Crippen molar-refractivity contribution in [3.63, 3.8) is 0 Å². The van der Waals surface area contributed by atoms with Crippen LogP contribution in [0.15, 0.2) is 42.5 Å². The summed E-state index contributed by atoms with van der Waals surface area (Å²) in [6.45, 7) is 4.08. The van der Waals surface area contributed by atoms with Crippen LogP contribution in [0, 0.1) is 13.8 Å². The molecule has 0 bridgehead atoms. The standard InChI is InChI=1S/C16H18O2/c1-11-9-14(15(18-3)10-12(11)2)16(17)13-7-5-4-6-8-13/h4-10,16-17H,1-3H3. The highest BCUT2D eigenvalue weighted by Gasteiger charge is 2.16. The van der Waals surface area contributed by atoms with Crippen LogP contribution < -0.4 is 4.74 Å². The van der Waals surface area contributed by atoms with Crippen LogP contribution in [0.3, 0.4) is 0 Å². The van der Waals surface area contributed by atoms with E-state index in [4.69, 9.17) is 4.74 Å². The zero-order valence-corrected chi connectivity index (χ0v) is 11.0. The van der Waals surface area contributed by atoms with Crippen molar-refractivity contribution < 1.29 is 9.84 Å². The molecule has 0 saturated heterocycles. The molecule has 0 aliphatic carbocycles. The number of ether oxygens (including phenoxy) is 1. The number of hydrogen-bond donors (Lipinski definition) is 1. The van der Waals surface area contributed by atoms with E-state index in [2.05, 4.69) is 0 Å². The van der Waals surface area contributed by atoms with Crippen molar-refractivity contribution in [3.8, 4) is 5.75 Å². The van der Waals surface area contributed by atoms with Gasteiger partial charge in [-0.05, 0) is 42.7 Å². The predicted octanol–water partition coefficient (Wildman–Crippen LogP) is 3.39. The van der Waals surface area contributed by atoms with Crippen molar-refractivity contribution in [3.05, 3.63) is 64.7 Å². The second kappa shape index (κ2) is 5.23. The predicted molar refractivity (Wildman–Crippen MR) is 73.0 cm³/mol. The summed E-state index contributed by atoms with van der Waals surface area (Å²) in [6.07, 6.45) is -0.652. The fraction of sp³-hybridized carbons (Fsp3) is 0.250. The van der Waals surface area contributed by atoms with E-state index in [9.17, 15) is 5.11 Å². The van der Waals surface area contributed by atoms with Crippen LogP contribution in [0.25, 0.3) is 0 Å². The monoisotopic (exact) mass is 242 g/mol. The zero-order valence-electron chi connectivity index (χ0n) is 11.0. The minimum absolute atomic E-state index is 0.652. The summed E-state index contributed by atoms with van der Waals surface area (Å²) in [4.78, 5) is 0. The van der Waals surface area contributed by atoms with Gasteiger partial charge >= 0.3 is 0 Å². The summed E-state index contributed by atoms with van der Waals surface area (Å²) in [5.74, 6) is 0.731. The summed E-state index contributed by atoms with van der Waals surface area (Å²) in [5.41, 5.74) is 4.00. The third-order valence-corrected chi connectivity index (χ3v) is 3.26. The maximum absolute atomic E-state index is 10.4. The van der Waals surface area contributed by atoms with Crippen LogP contribution in [0.2, 0.25) is 0 Å². The molecule has 0 amide bonds. The Morgan fingerprint density at radius 2 is 1.61 bits per heavy atom. The van der Waals surface area contributed by atoms with Gasteiger partial charge in [-0.3, -0.25) is 0 Å². The van der Waals surface area contributed by atoms with Gasteiger partial charge in [0.05, 0.1) is 7.11 Å². The summed E-state index contributed by atoms with van der Waals surface area (Å²) >= 11 is 0. The van der Waals surface area contributed by atoms with Crippen LogP contribution >= 0.6 is 0 Å². The van der Waals surface area contributed by atoms with Crippen LogP contribution in [0.1, 0.15) is 28.4 Å². The lowest BCUT2D eigenvalue weighted by Crippen LogP contribution is -2.03. The van der Waals surface area contributed by atoms with E-state index in [0.29, 0.717) is 0 Å². The molecule has 2 aromatic carbocycles. The summed E-state index contributed by atoms with van der Waals surface area (Å²) in [5, 5.41) is 10.4. The van der Waals surface area contributed by atoms with Gasteiger partial charge in [0.1, 0.15) is 11.9 Å². The molecule has 2 aromatic rings. The number of methoxy groups -OCH3 is 1. The normalized spacial score (nSPS) is 12.2. The Labute approximate surface area is 108 Å². The lowest BCUT2D eigenvalue weighted by molar-refractivity contribution is 0.214. The molecule has 0 radical (unpaired) electrons. The van der Waals surface area contributed by atoms with Crippen LogP contribution in [0.4, 0.5) is 0 Å². The molecule has 0 heterocycles. The molecule has 2 nitrogen and oxygen atoms in total. The van der Waals surface area contributed by atoms with Gasteiger partial charge in [0, 0.05) is 5.56 Å². The molecule has 94 valence electrons. The fourth-order valence-electron chi connectivity index (χ4n) is 2.02. The number of rotatable bonds is 3. The fourth-order valence-corrected chi connectivity index (χ4v) is 2.02. The van der Waals surface area contributed by atoms with Crippen molar-refractivity contribution in [2.45, 2.75) is 20.0 Å². The molecule has 1 unspecified atom stereocenters. The number of hydrogen-bond acceptors (Lipinski definition) is 2. The van der Waals surface area contributed by atoms with Gasteiger partial charge in [-0.25, -0.2) is 0 Å². The van der Waals surface area contributed by atoms with E-state index in [1.807, 2.05) is 56.3 Å². The minimum Gasteiger partial charge on any atom is -0.496 e. The first-order valence-corrected chi connectivity index (χ1v) is 6.01. The molecule has 1 N–H and O–H groups in total. The number of aliphatic hydroxyl groups is 1. The number of aryl methyl sites for hydroxylation is 2. The van der Waals surface area contributed by atoms with E-state index >= 15 is 0 Å². The molecule has 18 heavy (non-hydrogen) atoms. The Balaban J connectivity index is 2.47. The number of benzene rings is 2. The quantitative estimate of drug-likeness (QED) is 0.894. The second-order valence-electron chi connectivity index (χ2n) is 4.49. The molecule has 0 saturated carbocycles. The highest BCUT2D eigenvalue weighted by Crippen LogP contribution is 2.32. The van der Waals surface area contributed by atoms with Gasteiger partial charge in [-0.15, -0.1) is 0 Å². The van der Waals surface area contributed by atoms with E-state index in [0.717, 1.165) is 28.0 Å². The largest absolute Gasteiger partial charge is 0.496 e. The molecule has 0 fully saturated rings. The van der Waals surface area contributed by atoms with Gasteiger partial charge in [0.15, 0.2) is 0 Å². The highest BCUT2D eigenvalue weighted by molar-refractivity contribution is 5.45. The van der Waals surface area contributed by atoms with E-state index in [1.165, 1.54) is 0 Å². The van der Waals surface area contributed by atoms with Crippen LogP contribution in [0.5, 0.6) is 5.75 Å². The minimum atomic E-state index is -0.652. The lowest BCUT2D eigenvalue weighted by Gasteiger charge is -2.17. The van der Waals surface area contributed by atoms with E-state index in [1.54, 1.807) is 7.11 Å². The molecule has 0 aliphatic rings. The molecule has 2 heteroatoms. The van der Waals surface area contributed by atoms with Crippen molar-refractivity contribution in [2.24, 2.45) is 0 Å². The zero-order chi connectivity index (χ0) is 13.1. The van der Waals surface area contributed by atoms with Crippen molar-refractivity contribution >= 4 is 0 Å². The third kappa shape index (κ3) is 2.39. The van der Waals surface area contributed by atoms with Crippen molar-refractivity contribution in [1.82, 2.24) is 0 Å². The van der Waals surface area contributed by atoms with Gasteiger partial charge in [0.25, 0.3) is 0 Å². The molecule has 2 rings (SSSR count). The highest BCUT2D eigenvalue weighted by atomic mass is 16.5. The Morgan fingerprint density at radius 1 is 1.00 bits per heavy atom. The molecule has 0 spiro atoms. The van der Waals surface area contributed by atoms with Crippen molar-refractivity contribution in [1.29, 1.82) is 0 Å². The maximum Gasteiger partial charge on any atom is 0.125 e. The number of aliphatic hydroxyl groups excluding tert-OH is 1. The van der Waals surface area contributed by atoms with E-state index in [-0.39, 0.29) is 0 Å². The average Bonchev–Trinajstić information content (AvgIpc) is 2.41. The Kier molecular flexibility index (Phi) is 3.68. The molecular weight excluding hydrogens is 224 g/mol. The Morgan fingerprint density at radius 3 is 2.22 bits per heavy atom. The van der Waals surface area contributed by atoms with Crippen LogP contribution in [-0.4, -0.2) is 12.2 Å². The van der Waals surface area contributed by atoms with E-state index < -0.39 is 6.10 Å². The summed E-state index contributed by atoms with van der Waals surface area (Å²) in [7, 11) is 1.63. The molecular formula is C16H18O2.